The fourth-order valence-electron chi connectivity index (χ4n) is 1.26. The number of halogens is 1. The van der Waals surface area contributed by atoms with E-state index in [1.165, 1.54) is 0 Å². The van der Waals surface area contributed by atoms with Crippen LogP contribution in [0.25, 0.3) is 0 Å². The van der Waals surface area contributed by atoms with Gasteiger partial charge < -0.3 is 19.9 Å². The van der Waals surface area contributed by atoms with Crippen molar-refractivity contribution >= 4 is 23.5 Å². The molecule has 0 bridgehead atoms. The maximum Gasteiger partial charge on any atom is 0.330 e. The molecule has 6 nitrogen and oxygen atoms in total. The standard InChI is InChI=1S/C12H14ClNO5/c1-18-12(17)9(6-15)14-11(16)7-19-10-5-3-2-4-8(10)13/h2-5,9,15H,6-7H2,1H3,(H,14,16)/t9-/m1/s1. The van der Waals surface area contributed by atoms with Crippen LogP contribution < -0.4 is 10.1 Å². The van der Waals surface area contributed by atoms with Gasteiger partial charge in [0.2, 0.25) is 0 Å². The van der Waals surface area contributed by atoms with E-state index in [2.05, 4.69) is 10.1 Å². The van der Waals surface area contributed by atoms with Gasteiger partial charge in [-0.3, -0.25) is 4.79 Å². The van der Waals surface area contributed by atoms with Crippen molar-refractivity contribution in [1.82, 2.24) is 5.32 Å². The first kappa shape index (κ1) is 15.3. The first-order chi connectivity index (χ1) is 9.08. The molecule has 0 aliphatic carbocycles. The van der Waals surface area contributed by atoms with E-state index >= 15 is 0 Å². The Hall–Kier alpha value is -1.79. The Morgan fingerprint density at radius 3 is 2.68 bits per heavy atom. The van der Waals surface area contributed by atoms with Crippen LogP contribution in [-0.2, 0) is 14.3 Å². The van der Waals surface area contributed by atoms with Crippen molar-refractivity contribution in [3.63, 3.8) is 0 Å². The molecule has 0 heterocycles. The summed E-state index contributed by atoms with van der Waals surface area (Å²) in [6.45, 7) is -0.873. The van der Waals surface area contributed by atoms with Gasteiger partial charge in [0.05, 0.1) is 18.7 Å². The van der Waals surface area contributed by atoms with E-state index in [9.17, 15) is 9.59 Å². The molecule has 0 radical (unpaired) electrons. The van der Waals surface area contributed by atoms with Gasteiger partial charge >= 0.3 is 5.97 Å². The van der Waals surface area contributed by atoms with Crippen LogP contribution in [0.3, 0.4) is 0 Å². The first-order valence-electron chi connectivity index (χ1n) is 5.44. The largest absolute Gasteiger partial charge is 0.482 e. The van der Waals surface area contributed by atoms with E-state index in [1.807, 2.05) is 0 Å². The molecule has 19 heavy (non-hydrogen) atoms. The molecule has 0 saturated heterocycles. The van der Waals surface area contributed by atoms with Crippen LogP contribution in [-0.4, -0.2) is 43.3 Å². The summed E-state index contributed by atoms with van der Waals surface area (Å²) in [4.78, 5) is 22.7. The van der Waals surface area contributed by atoms with Gasteiger partial charge in [0.15, 0.2) is 12.6 Å². The quantitative estimate of drug-likeness (QED) is 0.739. The summed E-state index contributed by atoms with van der Waals surface area (Å²) in [6.07, 6.45) is 0. The Morgan fingerprint density at radius 2 is 2.11 bits per heavy atom. The fraction of sp³-hybridized carbons (Fsp3) is 0.333. The summed E-state index contributed by atoms with van der Waals surface area (Å²) in [6, 6.07) is 5.57. The highest BCUT2D eigenvalue weighted by Crippen LogP contribution is 2.22. The molecule has 1 amide bonds. The predicted molar refractivity (Wildman–Crippen MR) is 68.0 cm³/mol. The monoisotopic (exact) mass is 287 g/mol. The minimum Gasteiger partial charge on any atom is -0.482 e. The van der Waals surface area contributed by atoms with Crippen LogP contribution in [0, 0.1) is 0 Å². The average Bonchev–Trinajstić information content (AvgIpc) is 2.43. The molecule has 0 fully saturated rings. The number of carbonyl (C=O) groups is 2. The summed E-state index contributed by atoms with van der Waals surface area (Å²) in [5.41, 5.74) is 0. The van der Waals surface area contributed by atoms with Crippen LogP contribution in [0.4, 0.5) is 0 Å². The number of para-hydroxylation sites is 1. The van der Waals surface area contributed by atoms with Crippen molar-refractivity contribution in [2.24, 2.45) is 0 Å². The minimum atomic E-state index is -1.10. The third-order valence-corrected chi connectivity index (χ3v) is 2.51. The number of ether oxygens (including phenoxy) is 2. The van der Waals surface area contributed by atoms with Gasteiger partial charge in [-0.25, -0.2) is 4.79 Å². The van der Waals surface area contributed by atoms with E-state index in [-0.39, 0.29) is 6.61 Å². The van der Waals surface area contributed by atoms with Crippen molar-refractivity contribution in [3.8, 4) is 5.75 Å². The number of methoxy groups -OCH3 is 1. The summed E-state index contributed by atoms with van der Waals surface area (Å²) in [5, 5.41) is 11.6. The Morgan fingerprint density at radius 1 is 1.42 bits per heavy atom. The number of benzene rings is 1. The highest BCUT2D eigenvalue weighted by molar-refractivity contribution is 6.32. The molecule has 1 rings (SSSR count). The molecule has 1 aromatic carbocycles. The maximum atomic E-state index is 11.5. The lowest BCUT2D eigenvalue weighted by atomic mass is 10.3. The molecule has 2 N–H and O–H groups in total. The molecule has 7 heteroatoms. The molecular formula is C12H14ClNO5. The first-order valence-corrected chi connectivity index (χ1v) is 5.81. The summed E-state index contributed by atoms with van der Waals surface area (Å²) in [5.74, 6) is -0.934. The normalized spacial score (nSPS) is 11.5. The Labute approximate surface area is 115 Å². The van der Waals surface area contributed by atoms with Gasteiger partial charge in [-0.1, -0.05) is 23.7 Å². The van der Waals surface area contributed by atoms with Gasteiger partial charge in [0.25, 0.3) is 5.91 Å². The zero-order chi connectivity index (χ0) is 14.3. The molecule has 0 saturated carbocycles. The number of esters is 1. The molecule has 0 unspecified atom stereocenters. The third kappa shape index (κ3) is 4.76. The van der Waals surface area contributed by atoms with Gasteiger partial charge in [0.1, 0.15) is 5.75 Å². The van der Waals surface area contributed by atoms with Crippen LogP contribution in [0.5, 0.6) is 5.75 Å². The lowest BCUT2D eigenvalue weighted by molar-refractivity contribution is -0.146. The summed E-state index contributed by atoms with van der Waals surface area (Å²) in [7, 11) is 1.16. The average molecular weight is 288 g/mol. The van der Waals surface area contributed by atoms with E-state index in [1.54, 1.807) is 24.3 Å². The fourth-order valence-corrected chi connectivity index (χ4v) is 1.45. The topological polar surface area (TPSA) is 84.9 Å². The van der Waals surface area contributed by atoms with E-state index in [0.29, 0.717) is 10.8 Å². The highest BCUT2D eigenvalue weighted by Gasteiger charge is 2.20. The predicted octanol–water partition coefficient (Wildman–Crippen LogP) is 0.369. The zero-order valence-electron chi connectivity index (χ0n) is 10.3. The second kappa shape index (κ2) is 7.60. The molecular weight excluding hydrogens is 274 g/mol. The number of hydrogen-bond acceptors (Lipinski definition) is 5. The van der Waals surface area contributed by atoms with Gasteiger partial charge in [0, 0.05) is 0 Å². The number of amides is 1. The number of rotatable bonds is 6. The zero-order valence-corrected chi connectivity index (χ0v) is 11.0. The van der Waals surface area contributed by atoms with Crippen molar-refractivity contribution < 1.29 is 24.2 Å². The number of carbonyl (C=O) groups excluding carboxylic acids is 2. The van der Waals surface area contributed by atoms with Crippen LogP contribution in [0.15, 0.2) is 24.3 Å². The molecule has 0 aromatic heterocycles. The Bertz CT molecular complexity index is 452. The summed E-state index contributed by atoms with van der Waals surface area (Å²) < 4.78 is 9.59. The molecule has 0 spiro atoms. The van der Waals surface area contributed by atoms with E-state index in [0.717, 1.165) is 7.11 Å². The van der Waals surface area contributed by atoms with Crippen LogP contribution in [0.1, 0.15) is 0 Å². The van der Waals surface area contributed by atoms with Crippen molar-refractivity contribution in [2.45, 2.75) is 6.04 Å². The Kier molecular flexibility index (Phi) is 6.11. The summed E-state index contributed by atoms with van der Waals surface area (Å²) >= 11 is 5.84. The van der Waals surface area contributed by atoms with E-state index < -0.39 is 24.5 Å². The molecule has 104 valence electrons. The number of aliphatic hydroxyl groups is 1. The van der Waals surface area contributed by atoms with Crippen molar-refractivity contribution in [2.75, 3.05) is 20.3 Å². The van der Waals surface area contributed by atoms with Crippen molar-refractivity contribution in [3.05, 3.63) is 29.3 Å². The SMILES string of the molecule is COC(=O)[C@@H](CO)NC(=O)COc1ccccc1Cl. The van der Waals surface area contributed by atoms with E-state index in [4.69, 9.17) is 21.4 Å². The molecule has 0 aliphatic heterocycles. The highest BCUT2D eigenvalue weighted by atomic mass is 35.5. The second-order valence-electron chi connectivity index (χ2n) is 3.54. The number of aliphatic hydroxyl groups excluding tert-OH is 1. The minimum absolute atomic E-state index is 0.322. The number of hydrogen-bond donors (Lipinski definition) is 2. The maximum absolute atomic E-state index is 11.5. The van der Waals surface area contributed by atoms with Crippen molar-refractivity contribution in [1.29, 1.82) is 0 Å². The Balaban J connectivity index is 2.48. The molecule has 1 aromatic rings. The van der Waals surface area contributed by atoms with Crippen LogP contribution >= 0.6 is 11.6 Å². The number of nitrogens with one attached hydrogen (secondary N) is 1. The lowest BCUT2D eigenvalue weighted by Gasteiger charge is -2.14. The van der Waals surface area contributed by atoms with Gasteiger partial charge in [-0.2, -0.15) is 0 Å². The smallest absolute Gasteiger partial charge is 0.330 e. The van der Waals surface area contributed by atoms with Gasteiger partial charge in [-0.05, 0) is 12.1 Å². The third-order valence-electron chi connectivity index (χ3n) is 2.20. The lowest BCUT2D eigenvalue weighted by Crippen LogP contribution is -2.45. The molecule has 0 aliphatic rings. The van der Waals surface area contributed by atoms with Crippen LogP contribution in [0.2, 0.25) is 5.02 Å². The van der Waals surface area contributed by atoms with Gasteiger partial charge in [-0.15, -0.1) is 0 Å². The molecule has 1 atom stereocenters. The second-order valence-corrected chi connectivity index (χ2v) is 3.95.